The maximum Gasteiger partial charge on any atom is 0.260 e. The molecule has 0 aliphatic carbocycles. The third-order valence-corrected chi connectivity index (χ3v) is 6.28. The van der Waals surface area contributed by atoms with Crippen LogP contribution in [0.15, 0.2) is 30.9 Å². The molecule has 1 aromatic carbocycles. The third kappa shape index (κ3) is 4.14. The van der Waals surface area contributed by atoms with E-state index < -0.39 is 48.7 Å². The minimum Gasteiger partial charge on any atom is -0.387 e. The molecule has 0 radical (unpaired) electrons. The smallest absolute Gasteiger partial charge is 0.260 e. The van der Waals surface area contributed by atoms with E-state index >= 15 is 0 Å². The summed E-state index contributed by atoms with van der Waals surface area (Å²) in [6, 6.07) is 4.81. The number of ether oxygens (including phenoxy) is 1. The van der Waals surface area contributed by atoms with Crippen molar-refractivity contribution in [2.24, 2.45) is 0 Å². The molecule has 2 aromatic heterocycles. The monoisotopic (exact) mass is 510 g/mol. The van der Waals surface area contributed by atoms with Gasteiger partial charge in [0.1, 0.15) is 30.5 Å². The quantitative estimate of drug-likeness (QED) is 0.243. The Labute approximate surface area is 208 Å². The molecule has 6 N–H and O–H groups in total. The Hall–Kier alpha value is -4.47. The van der Waals surface area contributed by atoms with Crippen LogP contribution < -0.4 is 16.4 Å². The number of amides is 4. The number of aliphatic hydroxyl groups is 2. The van der Waals surface area contributed by atoms with Crippen molar-refractivity contribution in [3.05, 3.63) is 42.0 Å². The van der Waals surface area contributed by atoms with Crippen LogP contribution in [0, 0.1) is 0 Å². The summed E-state index contributed by atoms with van der Waals surface area (Å²) < 4.78 is 6.90. The highest BCUT2D eigenvalue weighted by molar-refractivity contribution is 6.09. The van der Waals surface area contributed by atoms with Gasteiger partial charge >= 0.3 is 0 Å². The van der Waals surface area contributed by atoms with E-state index in [2.05, 4.69) is 25.6 Å². The molecule has 4 heterocycles. The molecule has 192 valence electrons. The fourth-order valence-electron chi connectivity index (χ4n) is 4.28. The second kappa shape index (κ2) is 9.20. The number of fused-ring (bicyclic) bond motifs is 2. The van der Waals surface area contributed by atoms with Crippen LogP contribution in [0.4, 0.5) is 11.5 Å². The molecule has 1 saturated heterocycles. The summed E-state index contributed by atoms with van der Waals surface area (Å²) in [5, 5.41) is 26.3. The fourth-order valence-corrected chi connectivity index (χ4v) is 4.28. The summed E-state index contributed by atoms with van der Waals surface area (Å²) in [7, 11) is 1.14. The van der Waals surface area contributed by atoms with Gasteiger partial charge in [0.15, 0.2) is 23.8 Å². The minimum absolute atomic E-state index is 0.0938. The zero-order chi connectivity index (χ0) is 26.4. The number of hydrogen-bond donors (Lipinski definition) is 5. The Bertz CT molecular complexity index is 1440. The van der Waals surface area contributed by atoms with Crippen molar-refractivity contribution >= 4 is 46.3 Å². The molecule has 3 aromatic rings. The van der Waals surface area contributed by atoms with Crippen molar-refractivity contribution < 1.29 is 34.1 Å². The highest BCUT2D eigenvalue weighted by Gasteiger charge is 2.49. The van der Waals surface area contributed by atoms with Crippen LogP contribution in [0.3, 0.4) is 0 Å². The van der Waals surface area contributed by atoms with Crippen molar-refractivity contribution in [2.45, 2.75) is 37.5 Å². The molecule has 15 nitrogen and oxygen atoms in total. The van der Waals surface area contributed by atoms with Gasteiger partial charge in [0.05, 0.1) is 6.33 Å². The van der Waals surface area contributed by atoms with Gasteiger partial charge in [-0.2, -0.15) is 0 Å². The Morgan fingerprint density at radius 2 is 2.03 bits per heavy atom. The summed E-state index contributed by atoms with van der Waals surface area (Å²) in [5.74, 6) is -2.70. The van der Waals surface area contributed by atoms with Crippen molar-refractivity contribution in [2.75, 3.05) is 18.1 Å². The van der Waals surface area contributed by atoms with Crippen LogP contribution in [-0.2, 0) is 25.7 Å². The highest BCUT2D eigenvalue weighted by atomic mass is 16.6. The topological polar surface area (TPSA) is 215 Å². The summed E-state index contributed by atoms with van der Waals surface area (Å²) >= 11 is 0. The van der Waals surface area contributed by atoms with Gasteiger partial charge in [-0.05, 0) is 12.1 Å². The average Bonchev–Trinajstić information content (AvgIpc) is 3.55. The standard InChI is InChI=1S/C22H22N8O7/c1-29(13(32)5-12(31)28-11-4-2-3-9-10(11)6-24-20(9)35)21(36)17-15(33)16(34)22(37-17)30-8-27-14-18(23)25-7-26-19(14)30/h2-4,7-8,15-17,22,33-34H,5-6H2,1H3,(H,24,35)(H,28,31)(H2,23,25,26)/t15-,16+,17-,22+/m0/s1. The SMILES string of the molecule is CN(C(=O)CC(=O)Nc1cccc2c1CNC2=O)C(=O)[C@H]1O[C@@H](n2cnc3c(N)ncnc32)[C@H](O)[C@@H]1O. The molecule has 1 fully saturated rings. The first-order valence-electron chi connectivity index (χ1n) is 11.1. The molecule has 37 heavy (non-hydrogen) atoms. The number of nitrogen functional groups attached to an aromatic ring is 1. The molecule has 0 spiro atoms. The Morgan fingerprint density at radius 1 is 1.24 bits per heavy atom. The predicted molar refractivity (Wildman–Crippen MR) is 124 cm³/mol. The van der Waals surface area contributed by atoms with Gasteiger partial charge in [-0.1, -0.05) is 6.07 Å². The molecule has 2 aliphatic rings. The molecular formula is C22H22N8O7. The first-order chi connectivity index (χ1) is 17.7. The van der Waals surface area contributed by atoms with Gasteiger partial charge in [0.2, 0.25) is 11.8 Å². The molecule has 0 saturated carbocycles. The van der Waals surface area contributed by atoms with Crippen LogP contribution >= 0.6 is 0 Å². The molecule has 0 unspecified atom stereocenters. The van der Waals surface area contributed by atoms with E-state index in [9.17, 15) is 29.4 Å². The van der Waals surface area contributed by atoms with Crippen LogP contribution in [0.25, 0.3) is 11.2 Å². The van der Waals surface area contributed by atoms with E-state index in [1.165, 1.54) is 17.2 Å². The zero-order valence-corrected chi connectivity index (χ0v) is 19.4. The van der Waals surface area contributed by atoms with Crippen LogP contribution in [0.5, 0.6) is 0 Å². The second-order valence-corrected chi connectivity index (χ2v) is 8.54. The third-order valence-electron chi connectivity index (χ3n) is 6.28. The Kier molecular flexibility index (Phi) is 6.02. The largest absolute Gasteiger partial charge is 0.387 e. The molecule has 4 atom stereocenters. The number of nitrogens with zero attached hydrogens (tertiary/aromatic N) is 5. The number of likely N-dealkylation sites (N-methyl/N-ethyl adjacent to an activating group) is 1. The number of carbonyl (C=O) groups is 4. The van der Waals surface area contributed by atoms with Crippen LogP contribution in [0.2, 0.25) is 0 Å². The lowest BCUT2D eigenvalue weighted by atomic mass is 10.1. The molecule has 4 amide bonds. The number of anilines is 2. The number of benzene rings is 1. The van der Waals surface area contributed by atoms with Crippen molar-refractivity contribution in [1.82, 2.24) is 29.7 Å². The first kappa shape index (κ1) is 24.2. The molecule has 0 bridgehead atoms. The van der Waals surface area contributed by atoms with Gasteiger partial charge in [-0.3, -0.25) is 28.6 Å². The Morgan fingerprint density at radius 3 is 2.81 bits per heavy atom. The van der Waals surface area contributed by atoms with Crippen molar-refractivity contribution in [3.8, 4) is 0 Å². The fraction of sp³-hybridized carbons (Fsp3) is 0.318. The lowest BCUT2D eigenvalue weighted by molar-refractivity contribution is -0.154. The number of rotatable bonds is 5. The predicted octanol–water partition coefficient (Wildman–Crippen LogP) is -1.72. The number of imide groups is 1. The molecular weight excluding hydrogens is 488 g/mol. The van der Waals surface area contributed by atoms with Gasteiger partial charge < -0.3 is 31.3 Å². The first-order valence-corrected chi connectivity index (χ1v) is 11.1. The lowest BCUT2D eigenvalue weighted by Crippen LogP contribution is -2.46. The van der Waals surface area contributed by atoms with Gasteiger partial charge in [0.25, 0.3) is 11.8 Å². The number of aliphatic hydroxyl groups excluding tert-OH is 2. The van der Waals surface area contributed by atoms with Crippen LogP contribution in [-0.4, -0.2) is 83.6 Å². The number of aromatic nitrogens is 4. The summed E-state index contributed by atoms with van der Waals surface area (Å²) in [6.07, 6.45) is -4.35. The van der Waals surface area contributed by atoms with Crippen molar-refractivity contribution in [3.63, 3.8) is 0 Å². The number of carbonyl (C=O) groups excluding carboxylic acids is 4. The van der Waals surface area contributed by atoms with E-state index in [1.54, 1.807) is 18.2 Å². The second-order valence-electron chi connectivity index (χ2n) is 8.54. The lowest BCUT2D eigenvalue weighted by Gasteiger charge is -2.21. The molecule has 5 rings (SSSR count). The van der Waals surface area contributed by atoms with Crippen LogP contribution in [0.1, 0.15) is 28.6 Å². The molecule has 2 aliphatic heterocycles. The summed E-state index contributed by atoms with van der Waals surface area (Å²) in [6.45, 7) is 0.238. The van der Waals surface area contributed by atoms with E-state index in [-0.39, 0.29) is 29.4 Å². The number of imidazole rings is 1. The maximum absolute atomic E-state index is 13.0. The number of nitrogens with two attached hydrogens (primary N) is 1. The average molecular weight is 510 g/mol. The van der Waals surface area contributed by atoms with Gasteiger partial charge in [0, 0.05) is 30.4 Å². The van der Waals surface area contributed by atoms with Crippen molar-refractivity contribution in [1.29, 1.82) is 0 Å². The number of hydrogen-bond acceptors (Lipinski definition) is 11. The highest BCUT2D eigenvalue weighted by Crippen LogP contribution is 2.33. The van der Waals surface area contributed by atoms with Gasteiger partial charge in [-0.25, -0.2) is 15.0 Å². The zero-order valence-electron chi connectivity index (χ0n) is 19.4. The molecule has 15 heteroatoms. The van der Waals surface area contributed by atoms with E-state index in [1.807, 2.05) is 0 Å². The van der Waals surface area contributed by atoms with Gasteiger partial charge in [-0.15, -0.1) is 0 Å². The van der Waals surface area contributed by atoms with E-state index in [0.29, 0.717) is 21.7 Å². The Balaban J connectivity index is 1.25. The maximum atomic E-state index is 13.0. The van der Waals surface area contributed by atoms with E-state index in [0.717, 1.165) is 7.05 Å². The minimum atomic E-state index is -1.69. The normalized spacial score (nSPS) is 22.5. The summed E-state index contributed by atoms with van der Waals surface area (Å²) in [4.78, 5) is 62.5. The van der Waals surface area contributed by atoms with E-state index in [4.69, 9.17) is 10.5 Å². The summed E-state index contributed by atoms with van der Waals surface area (Å²) in [5.41, 5.74) is 7.62. The number of nitrogens with one attached hydrogen (secondary N) is 2.